The molecule has 0 aliphatic carbocycles. The lowest BCUT2D eigenvalue weighted by atomic mass is 10.2. The lowest BCUT2D eigenvalue weighted by Gasteiger charge is -2.08. The van der Waals surface area contributed by atoms with Crippen LogP contribution in [0.4, 0.5) is 0 Å². The van der Waals surface area contributed by atoms with Crippen LogP contribution in [0.25, 0.3) is 17.1 Å². The third kappa shape index (κ3) is 5.00. The molecule has 1 N–H and O–H groups in total. The predicted octanol–water partition coefficient (Wildman–Crippen LogP) is 4.22. The fraction of sp³-hybridized carbons (Fsp3) is 0.304. The van der Waals surface area contributed by atoms with E-state index >= 15 is 0 Å². The number of nitrogens with zero attached hydrogens (tertiary/aromatic N) is 2. The molecule has 0 aliphatic heterocycles. The molecule has 5 nitrogen and oxygen atoms in total. The van der Waals surface area contributed by atoms with E-state index in [4.69, 9.17) is 9.72 Å². The molecule has 0 saturated heterocycles. The normalized spacial score (nSPS) is 11.2. The average molecular weight is 377 g/mol. The van der Waals surface area contributed by atoms with Gasteiger partial charge in [-0.05, 0) is 49.2 Å². The van der Waals surface area contributed by atoms with Gasteiger partial charge < -0.3 is 14.6 Å². The van der Waals surface area contributed by atoms with E-state index in [1.807, 2.05) is 49.4 Å². The molecular formula is C23H27N3O2. The van der Waals surface area contributed by atoms with Crippen molar-refractivity contribution in [2.45, 2.75) is 33.2 Å². The van der Waals surface area contributed by atoms with Gasteiger partial charge in [0.2, 0.25) is 5.91 Å². The number of fused-ring (bicyclic) bond motifs is 1. The first-order chi connectivity index (χ1) is 13.7. The summed E-state index contributed by atoms with van der Waals surface area (Å²) in [7, 11) is 0. The zero-order chi connectivity index (χ0) is 19.8. The molecular weight excluding hydrogens is 350 g/mol. The molecule has 0 saturated carbocycles. The van der Waals surface area contributed by atoms with Gasteiger partial charge in [0, 0.05) is 25.6 Å². The summed E-state index contributed by atoms with van der Waals surface area (Å²) in [5.41, 5.74) is 3.12. The highest BCUT2D eigenvalue weighted by Crippen LogP contribution is 2.17. The number of ether oxygens (including phenoxy) is 1. The second-order valence-corrected chi connectivity index (χ2v) is 6.54. The molecule has 0 bridgehead atoms. The highest BCUT2D eigenvalue weighted by Gasteiger charge is 2.09. The van der Waals surface area contributed by atoms with Gasteiger partial charge in [0.05, 0.1) is 17.6 Å². The number of imidazole rings is 1. The van der Waals surface area contributed by atoms with Gasteiger partial charge in [-0.2, -0.15) is 0 Å². The Morgan fingerprint density at radius 2 is 1.93 bits per heavy atom. The summed E-state index contributed by atoms with van der Waals surface area (Å²) >= 11 is 0. The Hall–Kier alpha value is -3.08. The molecule has 0 radical (unpaired) electrons. The Kier molecular flexibility index (Phi) is 6.84. The molecule has 1 aromatic heterocycles. The number of hydrogen-bond donors (Lipinski definition) is 1. The number of amides is 1. The van der Waals surface area contributed by atoms with Crippen LogP contribution in [0.2, 0.25) is 0 Å². The minimum absolute atomic E-state index is 0.105. The van der Waals surface area contributed by atoms with E-state index in [2.05, 4.69) is 22.9 Å². The molecule has 3 rings (SSSR count). The van der Waals surface area contributed by atoms with E-state index in [0.717, 1.165) is 41.1 Å². The van der Waals surface area contributed by atoms with Crippen LogP contribution in [-0.2, 0) is 17.8 Å². The third-order valence-corrected chi connectivity index (χ3v) is 4.45. The summed E-state index contributed by atoms with van der Waals surface area (Å²) in [5, 5.41) is 2.94. The maximum absolute atomic E-state index is 12.1. The fourth-order valence-corrected chi connectivity index (χ4v) is 3.16. The summed E-state index contributed by atoms with van der Waals surface area (Å²) in [4.78, 5) is 16.8. The molecule has 2 aromatic carbocycles. The highest BCUT2D eigenvalue weighted by molar-refractivity contribution is 5.91. The third-order valence-electron chi connectivity index (χ3n) is 4.45. The quantitative estimate of drug-likeness (QED) is 0.568. The molecule has 0 fully saturated rings. The van der Waals surface area contributed by atoms with Gasteiger partial charge in [-0.1, -0.05) is 31.2 Å². The number of aromatic nitrogens is 2. The monoisotopic (exact) mass is 377 g/mol. The van der Waals surface area contributed by atoms with Crippen molar-refractivity contribution in [2.75, 3.05) is 13.2 Å². The molecule has 0 unspecified atom stereocenters. The predicted molar refractivity (Wildman–Crippen MR) is 113 cm³/mol. The molecule has 0 spiro atoms. The number of nitrogens with one attached hydrogen (secondary N) is 1. The Morgan fingerprint density at radius 3 is 2.68 bits per heavy atom. The number of carbonyl (C=O) groups is 1. The fourth-order valence-electron chi connectivity index (χ4n) is 3.16. The van der Waals surface area contributed by atoms with E-state index in [9.17, 15) is 4.79 Å². The number of rotatable bonds is 9. The van der Waals surface area contributed by atoms with Crippen molar-refractivity contribution in [3.05, 3.63) is 66.0 Å². The number of carbonyl (C=O) groups excluding carboxylic acids is 1. The molecule has 28 heavy (non-hydrogen) atoms. The summed E-state index contributed by atoms with van der Waals surface area (Å²) in [6.07, 6.45) is 5.12. The van der Waals surface area contributed by atoms with E-state index in [0.29, 0.717) is 19.6 Å². The van der Waals surface area contributed by atoms with E-state index in [1.54, 1.807) is 12.2 Å². The standard InChI is InChI=1S/C23H27N3O2/c1-3-17-26-21-8-6-5-7-20(21)25-22(26)15-16-24-23(27)14-11-18-9-12-19(13-10-18)28-4-2/h5-14H,3-4,15-17H2,1-2H3,(H,24,27)/b14-11+. The Balaban J connectivity index is 1.55. The number of para-hydroxylation sites is 2. The zero-order valence-electron chi connectivity index (χ0n) is 16.5. The van der Waals surface area contributed by atoms with Crippen molar-refractivity contribution >= 4 is 23.0 Å². The Morgan fingerprint density at radius 1 is 1.14 bits per heavy atom. The SMILES string of the molecule is CCCn1c(CCNC(=O)/C=C/c2ccc(OCC)cc2)nc2ccccc21. The van der Waals surface area contributed by atoms with Gasteiger partial charge in [0.1, 0.15) is 11.6 Å². The van der Waals surface area contributed by atoms with E-state index in [-0.39, 0.29) is 5.91 Å². The van der Waals surface area contributed by atoms with Crippen molar-refractivity contribution in [2.24, 2.45) is 0 Å². The zero-order valence-corrected chi connectivity index (χ0v) is 16.5. The maximum Gasteiger partial charge on any atom is 0.244 e. The van der Waals surface area contributed by atoms with Gasteiger partial charge >= 0.3 is 0 Å². The molecule has 1 heterocycles. The number of hydrogen-bond acceptors (Lipinski definition) is 3. The van der Waals surface area contributed by atoms with Crippen LogP contribution in [0.15, 0.2) is 54.6 Å². The van der Waals surface area contributed by atoms with Gasteiger partial charge in [-0.3, -0.25) is 4.79 Å². The first kappa shape index (κ1) is 19.7. The van der Waals surface area contributed by atoms with Crippen LogP contribution < -0.4 is 10.1 Å². The van der Waals surface area contributed by atoms with Gasteiger partial charge in [0.25, 0.3) is 0 Å². The van der Waals surface area contributed by atoms with Crippen LogP contribution in [0.3, 0.4) is 0 Å². The molecule has 1 amide bonds. The summed E-state index contributed by atoms with van der Waals surface area (Å²) in [6.45, 7) is 6.24. The first-order valence-electron chi connectivity index (χ1n) is 9.84. The van der Waals surface area contributed by atoms with Crippen LogP contribution in [-0.4, -0.2) is 28.6 Å². The smallest absolute Gasteiger partial charge is 0.244 e. The van der Waals surface area contributed by atoms with Crippen molar-refractivity contribution in [3.8, 4) is 5.75 Å². The second kappa shape index (κ2) is 9.74. The van der Waals surface area contributed by atoms with Crippen LogP contribution in [0.1, 0.15) is 31.7 Å². The molecule has 0 aliphatic rings. The summed E-state index contributed by atoms with van der Waals surface area (Å²) < 4.78 is 7.67. The molecule has 3 aromatic rings. The average Bonchev–Trinajstić information content (AvgIpc) is 3.06. The largest absolute Gasteiger partial charge is 0.494 e. The van der Waals surface area contributed by atoms with Crippen molar-refractivity contribution in [1.29, 1.82) is 0 Å². The molecule has 0 atom stereocenters. The van der Waals surface area contributed by atoms with Gasteiger partial charge in [0.15, 0.2) is 0 Å². The highest BCUT2D eigenvalue weighted by atomic mass is 16.5. The van der Waals surface area contributed by atoms with E-state index < -0.39 is 0 Å². The minimum atomic E-state index is -0.105. The minimum Gasteiger partial charge on any atom is -0.494 e. The van der Waals surface area contributed by atoms with Crippen LogP contribution in [0.5, 0.6) is 5.75 Å². The second-order valence-electron chi connectivity index (χ2n) is 6.54. The number of aryl methyl sites for hydroxylation is 1. The van der Waals surface area contributed by atoms with Gasteiger partial charge in [-0.25, -0.2) is 4.98 Å². The lowest BCUT2D eigenvalue weighted by molar-refractivity contribution is -0.116. The van der Waals surface area contributed by atoms with E-state index in [1.165, 1.54) is 0 Å². The van der Waals surface area contributed by atoms with Crippen molar-refractivity contribution in [1.82, 2.24) is 14.9 Å². The number of benzene rings is 2. The summed E-state index contributed by atoms with van der Waals surface area (Å²) in [5.74, 6) is 1.74. The molecule has 5 heteroatoms. The van der Waals surface area contributed by atoms with Crippen molar-refractivity contribution < 1.29 is 9.53 Å². The molecule has 146 valence electrons. The van der Waals surface area contributed by atoms with Crippen LogP contribution >= 0.6 is 0 Å². The Bertz CT molecular complexity index is 942. The Labute approximate surface area is 166 Å². The van der Waals surface area contributed by atoms with Gasteiger partial charge in [-0.15, -0.1) is 0 Å². The lowest BCUT2D eigenvalue weighted by Crippen LogP contribution is -2.24. The van der Waals surface area contributed by atoms with Crippen LogP contribution in [0, 0.1) is 0 Å². The van der Waals surface area contributed by atoms with Crippen molar-refractivity contribution in [3.63, 3.8) is 0 Å². The first-order valence-corrected chi connectivity index (χ1v) is 9.84. The maximum atomic E-state index is 12.1. The topological polar surface area (TPSA) is 56.2 Å². The summed E-state index contributed by atoms with van der Waals surface area (Å²) in [6, 6.07) is 15.8.